The van der Waals surface area contributed by atoms with E-state index in [0.29, 0.717) is 29.6 Å². The Morgan fingerprint density at radius 2 is 1.81 bits per heavy atom. The molecule has 1 N–H and O–H groups in total. The van der Waals surface area contributed by atoms with Crippen molar-refractivity contribution in [3.63, 3.8) is 0 Å². The number of para-hydroxylation sites is 2. The van der Waals surface area contributed by atoms with Gasteiger partial charge in [0.25, 0.3) is 5.91 Å². The van der Waals surface area contributed by atoms with Gasteiger partial charge in [-0.25, -0.2) is 5.43 Å². The molecule has 0 atom stereocenters. The number of hydrogen-bond acceptors (Lipinski definition) is 6. The predicted molar refractivity (Wildman–Crippen MR) is 106 cm³/mol. The van der Waals surface area contributed by atoms with Gasteiger partial charge in [0.2, 0.25) is 0 Å². The van der Waals surface area contributed by atoms with E-state index < -0.39 is 5.91 Å². The van der Waals surface area contributed by atoms with Crippen molar-refractivity contribution < 1.29 is 23.7 Å². The number of halogens is 1. The minimum Gasteiger partial charge on any atom is -0.493 e. The highest BCUT2D eigenvalue weighted by Gasteiger charge is 2.11. The van der Waals surface area contributed by atoms with Crippen LogP contribution in [0.3, 0.4) is 0 Å². The molecule has 0 heterocycles. The van der Waals surface area contributed by atoms with Crippen LogP contribution >= 0.6 is 15.9 Å². The number of methoxy groups -OCH3 is 2. The molecule has 0 bridgehead atoms. The average Bonchev–Trinajstić information content (AvgIpc) is 2.68. The fourth-order valence-electron chi connectivity index (χ4n) is 2.19. The lowest BCUT2D eigenvalue weighted by Crippen LogP contribution is -2.24. The Bertz CT molecular complexity index is 811. The number of nitrogens with zero attached hydrogens (tertiary/aromatic N) is 1. The predicted octanol–water partition coefficient (Wildman–Crippen LogP) is 3.39. The van der Waals surface area contributed by atoms with E-state index in [2.05, 4.69) is 26.5 Å². The zero-order valence-electron chi connectivity index (χ0n) is 15.3. The largest absolute Gasteiger partial charge is 0.493 e. The molecule has 0 aliphatic rings. The van der Waals surface area contributed by atoms with Gasteiger partial charge in [0.15, 0.2) is 29.6 Å². The first-order chi connectivity index (χ1) is 13.1. The van der Waals surface area contributed by atoms with Gasteiger partial charge in [0.1, 0.15) is 0 Å². The number of benzene rings is 2. The molecule has 1 amide bonds. The first-order valence-corrected chi connectivity index (χ1v) is 8.96. The molecule has 0 saturated heterocycles. The van der Waals surface area contributed by atoms with Crippen molar-refractivity contribution in [1.82, 2.24) is 5.43 Å². The van der Waals surface area contributed by atoms with E-state index in [-0.39, 0.29) is 6.61 Å². The van der Waals surface area contributed by atoms with Crippen molar-refractivity contribution >= 4 is 28.1 Å². The quantitative estimate of drug-likeness (QED) is 0.481. The van der Waals surface area contributed by atoms with Gasteiger partial charge in [-0.2, -0.15) is 5.10 Å². The van der Waals surface area contributed by atoms with Crippen LogP contribution in [0.4, 0.5) is 0 Å². The van der Waals surface area contributed by atoms with Crippen LogP contribution in [0.5, 0.6) is 23.0 Å². The molecule has 144 valence electrons. The van der Waals surface area contributed by atoms with Crippen molar-refractivity contribution in [1.29, 1.82) is 0 Å². The van der Waals surface area contributed by atoms with Gasteiger partial charge in [-0.1, -0.05) is 12.1 Å². The van der Waals surface area contributed by atoms with Gasteiger partial charge in [0, 0.05) is 0 Å². The standard InChI is InChI=1S/C19H21BrN2O5/c1-4-26-19-14(20)9-13(10-17(19)25-3)11-21-22-18(23)12-27-16-8-6-5-7-15(16)24-2/h5-11H,4,12H2,1-3H3,(H,22,23)/b21-11+. The monoisotopic (exact) mass is 436 g/mol. The molecule has 0 aromatic heterocycles. The van der Waals surface area contributed by atoms with Crippen LogP contribution in [0, 0.1) is 0 Å². The minimum absolute atomic E-state index is 0.187. The topological polar surface area (TPSA) is 78.4 Å². The molecule has 2 aromatic rings. The first kappa shape index (κ1) is 20.6. The second-order valence-electron chi connectivity index (χ2n) is 5.20. The van der Waals surface area contributed by atoms with Crippen molar-refractivity contribution in [2.45, 2.75) is 6.92 Å². The van der Waals surface area contributed by atoms with Crippen molar-refractivity contribution in [2.75, 3.05) is 27.4 Å². The van der Waals surface area contributed by atoms with Crippen LogP contribution in [-0.2, 0) is 4.79 Å². The van der Waals surface area contributed by atoms with E-state index in [1.807, 2.05) is 19.1 Å². The third-order valence-corrected chi connectivity index (χ3v) is 3.96. The number of nitrogens with one attached hydrogen (secondary N) is 1. The molecule has 0 unspecified atom stereocenters. The average molecular weight is 437 g/mol. The minimum atomic E-state index is -0.394. The number of amides is 1. The van der Waals surface area contributed by atoms with Gasteiger partial charge >= 0.3 is 0 Å². The number of rotatable bonds is 9. The first-order valence-electron chi connectivity index (χ1n) is 8.17. The summed E-state index contributed by atoms with van der Waals surface area (Å²) in [4.78, 5) is 11.9. The number of hydrazone groups is 1. The second kappa shape index (κ2) is 10.4. The van der Waals surface area contributed by atoms with Crippen LogP contribution in [0.25, 0.3) is 0 Å². The SMILES string of the molecule is CCOc1c(Br)cc(/C=N/NC(=O)COc2ccccc2OC)cc1OC. The summed E-state index contributed by atoms with van der Waals surface area (Å²) in [5.74, 6) is 1.83. The van der Waals surface area contributed by atoms with Crippen molar-refractivity contribution in [3.8, 4) is 23.0 Å². The summed E-state index contributed by atoms with van der Waals surface area (Å²) in [7, 11) is 3.10. The van der Waals surface area contributed by atoms with Crippen LogP contribution in [0.15, 0.2) is 46.0 Å². The molecule has 0 radical (unpaired) electrons. The Kier molecular flexibility index (Phi) is 7.94. The molecule has 0 aliphatic carbocycles. The van der Waals surface area contributed by atoms with Gasteiger partial charge in [-0.15, -0.1) is 0 Å². The molecule has 0 aliphatic heterocycles. The number of ether oxygens (including phenoxy) is 4. The summed E-state index contributed by atoms with van der Waals surface area (Å²) < 4.78 is 22.2. The van der Waals surface area contributed by atoms with Gasteiger partial charge in [-0.05, 0) is 52.7 Å². The number of carbonyl (C=O) groups excluding carboxylic acids is 1. The lowest BCUT2D eigenvalue weighted by molar-refractivity contribution is -0.123. The lowest BCUT2D eigenvalue weighted by Gasteiger charge is -2.12. The van der Waals surface area contributed by atoms with Crippen LogP contribution in [0.1, 0.15) is 12.5 Å². The van der Waals surface area contributed by atoms with Crippen LogP contribution in [-0.4, -0.2) is 39.6 Å². The molecule has 8 heteroatoms. The maximum absolute atomic E-state index is 11.9. The van der Waals surface area contributed by atoms with Crippen LogP contribution in [0.2, 0.25) is 0 Å². The van der Waals surface area contributed by atoms with E-state index >= 15 is 0 Å². The van der Waals surface area contributed by atoms with E-state index in [1.165, 1.54) is 13.3 Å². The highest BCUT2D eigenvalue weighted by molar-refractivity contribution is 9.10. The fraction of sp³-hybridized carbons (Fsp3) is 0.263. The molecule has 0 saturated carbocycles. The molecule has 0 fully saturated rings. The summed E-state index contributed by atoms with van der Waals surface area (Å²) in [5.41, 5.74) is 3.14. The second-order valence-corrected chi connectivity index (χ2v) is 6.05. The Morgan fingerprint density at radius 3 is 2.48 bits per heavy atom. The Balaban J connectivity index is 1.94. The summed E-state index contributed by atoms with van der Waals surface area (Å²) in [6, 6.07) is 10.7. The van der Waals surface area contributed by atoms with E-state index in [0.717, 1.165) is 10.0 Å². The molecule has 27 heavy (non-hydrogen) atoms. The molecular weight excluding hydrogens is 416 g/mol. The molecule has 7 nitrogen and oxygen atoms in total. The van der Waals surface area contributed by atoms with Crippen molar-refractivity contribution in [2.24, 2.45) is 5.10 Å². The van der Waals surface area contributed by atoms with Gasteiger partial charge in [-0.3, -0.25) is 4.79 Å². The highest BCUT2D eigenvalue weighted by Crippen LogP contribution is 2.36. The normalized spacial score (nSPS) is 10.5. The van der Waals surface area contributed by atoms with Gasteiger partial charge in [0.05, 0.1) is 31.5 Å². The Labute approximate surface area is 166 Å². The molecule has 0 spiro atoms. The van der Waals surface area contributed by atoms with E-state index in [1.54, 1.807) is 31.4 Å². The number of hydrogen-bond donors (Lipinski definition) is 1. The summed E-state index contributed by atoms with van der Waals surface area (Å²) in [6.45, 7) is 2.22. The summed E-state index contributed by atoms with van der Waals surface area (Å²) in [5, 5.41) is 3.94. The lowest BCUT2D eigenvalue weighted by atomic mass is 10.2. The smallest absolute Gasteiger partial charge is 0.277 e. The summed E-state index contributed by atoms with van der Waals surface area (Å²) in [6.07, 6.45) is 1.50. The third-order valence-electron chi connectivity index (χ3n) is 3.37. The molecule has 2 rings (SSSR count). The van der Waals surface area contributed by atoms with E-state index in [9.17, 15) is 4.79 Å². The van der Waals surface area contributed by atoms with Crippen LogP contribution < -0.4 is 24.4 Å². The van der Waals surface area contributed by atoms with E-state index in [4.69, 9.17) is 18.9 Å². The number of carbonyl (C=O) groups is 1. The highest BCUT2D eigenvalue weighted by atomic mass is 79.9. The zero-order chi connectivity index (χ0) is 19.6. The summed E-state index contributed by atoms with van der Waals surface area (Å²) >= 11 is 3.44. The Hall–Kier alpha value is -2.74. The maximum atomic E-state index is 11.9. The van der Waals surface area contributed by atoms with Gasteiger partial charge < -0.3 is 18.9 Å². The fourth-order valence-corrected chi connectivity index (χ4v) is 2.77. The third kappa shape index (κ3) is 5.89. The molecule has 2 aromatic carbocycles. The van der Waals surface area contributed by atoms with Crippen molar-refractivity contribution in [3.05, 3.63) is 46.4 Å². The Morgan fingerprint density at radius 1 is 1.11 bits per heavy atom. The molecular formula is C19H21BrN2O5. The maximum Gasteiger partial charge on any atom is 0.277 e. The zero-order valence-corrected chi connectivity index (χ0v) is 16.9.